The van der Waals surface area contributed by atoms with Crippen molar-refractivity contribution in [3.05, 3.63) is 35.9 Å². The number of carbonyl (C=O) groups excluding carboxylic acids is 1. The first-order chi connectivity index (χ1) is 9.04. The summed E-state index contributed by atoms with van der Waals surface area (Å²) in [6.07, 6.45) is 2.60. The molecule has 1 aromatic rings. The third kappa shape index (κ3) is 5.43. The van der Waals surface area contributed by atoms with Gasteiger partial charge in [-0.05, 0) is 31.2 Å². The molecule has 0 aromatic heterocycles. The SMILES string of the molecule is CCCC(C)C(C)OC(=O)C(N)Cc1ccccc1. The summed E-state index contributed by atoms with van der Waals surface area (Å²) in [5, 5.41) is 0. The van der Waals surface area contributed by atoms with Gasteiger partial charge in [0.2, 0.25) is 0 Å². The number of hydrogen-bond donors (Lipinski definition) is 1. The first-order valence-corrected chi connectivity index (χ1v) is 7.04. The van der Waals surface area contributed by atoms with E-state index in [0.717, 1.165) is 18.4 Å². The summed E-state index contributed by atoms with van der Waals surface area (Å²) in [6.45, 7) is 6.17. The van der Waals surface area contributed by atoms with Crippen LogP contribution >= 0.6 is 0 Å². The van der Waals surface area contributed by atoms with E-state index in [0.29, 0.717) is 12.3 Å². The second-order valence-corrected chi connectivity index (χ2v) is 5.20. The van der Waals surface area contributed by atoms with E-state index < -0.39 is 6.04 Å². The van der Waals surface area contributed by atoms with Crippen molar-refractivity contribution < 1.29 is 9.53 Å². The molecule has 3 nitrogen and oxygen atoms in total. The maximum absolute atomic E-state index is 11.9. The topological polar surface area (TPSA) is 52.3 Å². The summed E-state index contributed by atoms with van der Waals surface area (Å²) in [6, 6.07) is 9.19. The van der Waals surface area contributed by atoms with Crippen LogP contribution in [0.25, 0.3) is 0 Å². The van der Waals surface area contributed by atoms with Crippen LogP contribution in [0, 0.1) is 5.92 Å². The van der Waals surface area contributed by atoms with Crippen LogP contribution in [0.4, 0.5) is 0 Å². The summed E-state index contributed by atoms with van der Waals surface area (Å²) in [5.41, 5.74) is 6.95. The van der Waals surface area contributed by atoms with Gasteiger partial charge in [0, 0.05) is 0 Å². The van der Waals surface area contributed by atoms with Gasteiger partial charge in [0.05, 0.1) is 0 Å². The first kappa shape index (κ1) is 15.7. The van der Waals surface area contributed by atoms with Gasteiger partial charge in [0.1, 0.15) is 12.1 Å². The number of benzene rings is 1. The summed E-state index contributed by atoms with van der Waals surface area (Å²) >= 11 is 0. The second kappa shape index (κ2) is 7.95. The van der Waals surface area contributed by atoms with E-state index in [1.807, 2.05) is 37.3 Å². The molecule has 0 aliphatic carbocycles. The van der Waals surface area contributed by atoms with Gasteiger partial charge in [-0.3, -0.25) is 4.79 Å². The van der Waals surface area contributed by atoms with Crippen LogP contribution < -0.4 is 5.73 Å². The highest BCUT2D eigenvalue weighted by atomic mass is 16.5. The number of hydrogen-bond acceptors (Lipinski definition) is 3. The molecule has 0 heterocycles. The summed E-state index contributed by atoms with van der Waals surface area (Å²) in [4.78, 5) is 11.9. The van der Waals surface area contributed by atoms with Crippen LogP contribution in [-0.2, 0) is 16.0 Å². The highest BCUT2D eigenvalue weighted by Gasteiger charge is 2.21. The minimum atomic E-state index is -0.585. The average molecular weight is 263 g/mol. The van der Waals surface area contributed by atoms with Crippen molar-refractivity contribution in [1.82, 2.24) is 0 Å². The zero-order valence-corrected chi connectivity index (χ0v) is 12.1. The van der Waals surface area contributed by atoms with Gasteiger partial charge in [0.25, 0.3) is 0 Å². The quantitative estimate of drug-likeness (QED) is 0.770. The lowest BCUT2D eigenvalue weighted by Gasteiger charge is -2.21. The Morgan fingerprint density at radius 2 is 1.89 bits per heavy atom. The van der Waals surface area contributed by atoms with Gasteiger partial charge in [-0.15, -0.1) is 0 Å². The van der Waals surface area contributed by atoms with E-state index in [4.69, 9.17) is 10.5 Å². The average Bonchev–Trinajstić information content (AvgIpc) is 2.40. The molecule has 2 N–H and O–H groups in total. The van der Waals surface area contributed by atoms with Gasteiger partial charge >= 0.3 is 5.97 Å². The number of carbonyl (C=O) groups is 1. The molecule has 3 unspecified atom stereocenters. The largest absolute Gasteiger partial charge is 0.461 e. The molecule has 0 radical (unpaired) electrons. The molecular formula is C16H25NO2. The van der Waals surface area contributed by atoms with E-state index in [9.17, 15) is 4.79 Å². The summed E-state index contributed by atoms with van der Waals surface area (Å²) in [5.74, 6) is 0.0668. The second-order valence-electron chi connectivity index (χ2n) is 5.20. The van der Waals surface area contributed by atoms with Crippen LogP contribution in [0.3, 0.4) is 0 Å². The van der Waals surface area contributed by atoms with Crippen molar-refractivity contribution >= 4 is 5.97 Å². The van der Waals surface area contributed by atoms with Crippen LogP contribution in [-0.4, -0.2) is 18.1 Å². The minimum Gasteiger partial charge on any atom is -0.461 e. The van der Waals surface area contributed by atoms with Crippen molar-refractivity contribution in [1.29, 1.82) is 0 Å². The standard InChI is InChI=1S/C16H25NO2/c1-4-8-12(2)13(3)19-16(18)15(17)11-14-9-6-5-7-10-14/h5-7,9-10,12-13,15H,4,8,11,17H2,1-3H3. The van der Waals surface area contributed by atoms with Crippen molar-refractivity contribution in [2.75, 3.05) is 0 Å². The maximum atomic E-state index is 11.9. The van der Waals surface area contributed by atoms with Crippen molar-refractivity contribution in [3.63, 3.8) is 0 Å². The van der Waals surface area contributed by atoms with Crippen molar-refractivity contribution in [2.45, 2.75) is 52.2 Å². The molecule has 3 heteroatoms. The molecule has 0 fully saturated rings. The Hall–Kier alpha value is -1.35. The number of rotatable bonds is 7. The Labute approximate surface area is 116 Å². The molecule has 0 aliphatic heterocycles. The van der Waals surface area contributed by atoms with Gasteiger partial charge < -0.3 is 10.5 Å². The van der Waals surface area contributed by atoms with Crippen LogP contribution in [0.1, 0.15) is 39.2 Å². The number of nitrogens with two attached hydrogens (primary N) is 1. The minimum absolute atomic E-state index is 0.0747. The zero-order valence-electron chi connectivity index (χ0n) is 12.1. The van der Waals surface area contributed by atoms with E-state index in [1.54, 1.807) is 0 Å². The lowest BCUT2D eigenvalue weighted by Crippen LogP contribution is -2.37. The lowest BCUT2D eigenvalue weighted by atomic mass is 10.0. The Morgan fingerprint density at radius 1 is 1.26 bits per heavy atom. The highest BCUT2D eigenvalue weighted by molar-refractivity contribution is 5.76. The fraction of sp³-hybridized carbons (Fsp3) is 0.562. The van der Waals surface area contributed by atoms with Crippen LogP contribution in [0.5, 0.6) is 0 Å². The van der Waals surface area contributed by atoms with Crippen molar-refractivity contribution in [3.8, 4) is 0 Å². The van der Waals surface area contributed by atoms with Crippen molar-refractivity contribution in [2.24, 2.45) is 11.7 Å². The molecule has 106 valence electrons. The predicted octanol–water partition coefficient (Wildman–Crippen LogP) is 2.92. The van der Waals surface area contributed by atoms with E-state index >= 15 is 0 Å². The van der Waals surface area contributed by atoms with Crippen LogP contribution in [0.2, 0.25) is 0 Å². The molecule has 3 atom stereocenters. The Bertz CT molecular complexity index is 378. The fourth-order valence-corrected chi connectivity index (χ4v) is 2.03. The Morgan fingerprint density at radius 3 is 2.47 bits per heavy atom. The van der Waals surface area contributed by atoms with Gasteiger partial charge in [-0.25, -0.2) is 0 Å². The number of ether oxygens (including phenoxy) is 1. The van der Waals surface area contributed by atoms with Gasteiger partial charge in [-0.1, -0.05) is 50.6 Å². The molecule has 0 bridgehead atoms. The Kier molecular flexibility index (Phi) is 6.57. The number of esters is 1. The first-order valence-electron chi connectivity index (χ1n) is 7.04. The lowest BCUT2D eigenvalue weighted by molar-refractivity contribution is -0.152. The smallest absolute Gasteiger partial charge is 0.323 e. The molecule has 0 saturated heterocycles. The third-order valence-corrected chi connectivity index (χ3v) is 3.45. The monoisotopic (exact) mass is 263 g/mol. The maximum Gasteiger partial charge on any atom is 0.323 e. The molecule has 0 saturated carbocycles. The van der Waals surface area contributed by atoms with E-state index in [1.165, 1.54) is 0 Å². The Balaban J connectivity index is 2.44. The molecule has 0 amide bonds. The zero-order chi connectivity index (χ0) is 14.3. The molecular weight excluding hydrogens is 238 g/mol. The highest BCUT2D eigenvalue weighted by Crippen LogP contribution is 2.14. The molecule has 0 spiro atoms. The fourth-order valence-electron chi connectivity index (χ4n) is 2.03. The van der Waals surface area contributed by atoms with Gasteiger partial charge in [-0.2, -0.15) is 0 Å². The molecule has 0 aliphatic rings. The summed E-state index contributed by atoms with van der Waals surface area (Å²) in [7, 11) is 0. The molecule has 19 heavy (non-hydrogen) atoms. The molecule has 1 aromatic carbocycles. The molecule has 1 rings (SSSR count). The summed E-state index contributed by atoms with van der Waals surface area (Å²) < 4.78 is 5.43. The van der Waals surface area contributed by atoms with Gasteiger partial charge in [0.15, 0.2) is 0 Å². The van der Waals surface area contributed by atoms with E-state index in [2.05, 4.69) is 13.8 Å². The third-order valence-electron chi connectivity index (χ3n) is 3.45. The van der Waals surface area contributed by atoms with Crippen LogP contribution in [0.15, 0.2) is 30.3 Å². The normalized spacial score (nSPS) is 15.6. The predicted molar refractivity (Wildman–Crippen MR) is 77.7 cm³/mol. The van der Waals surface area contributed by atoms with E-state index in [-0.39, 0.29) is 12.1 Å².